The molecule has 2 heteroatoms. The summed E-state index contributed by atoms with van der Waals surface area (Å²) < 4.78 is 0. The van der Waals surface area contributed by atoms with E-state index in [0.29, 0.717) is 0 Å². The summed E-state index contributed by atoms with van der Waals surface area (Å²) in [6.07, 6.45) is 0. The van der Waals surface area contributed by atoms with Crippen molar-refractivity contribution in [1.29, 1.82) is 0 Å². The minimum absolute atomic E-state index is 0.625. The molecule has 0 N–H and O–H groups in total. The van der Waals surface area contributed by atoms with E-state index in [9.17, 15) is 0 Å². The second-order valence-corrected chi connectivity index (χ2v) is 19.9. The molecule has 0 amide bonds. The molecule has 0 fully saturated rings. The van der Waals surface area contributed by atoms with Crippen molar-refractivity contribution in [3.8, 4) is 22.3 Å². The third-order valence-electron chi connectivity index (χ3n) is 15.9. The molecule has 0 saturated heterocycles. The Morgan fingerprint density at radius 1 is 0.229 bits per heavy atom. The normalized spacial score (nSPS) is 14.5. The highest BCUT2D eigenvalue weighted by atomic mass is 15.1. The van der Waals surface area contributed by atoms with Crippen molar-refractivity contribution in [2.75, 3.05) is 9.80 Å². The molecule has 0 saturated carbocycles. The molecule has 0 aliphatic heterocycles. The molecule has 0 bridgehead atoms. The Labute approximate surface area is 411 Å². The molecule has 2 spiro atoms. The molecular formula is C68H50N2. The van der Waals surface area contributed by atoms with Crippen LogP contribution in [0.4, 0.5) is 34.1 Å². The lowest BCUT2D eigenvalue weighted by molar-refractivity contribution is 0.826. The quantitative estimate of drug-likeness (QED) is 0.164. The summed E-state index contributed by atoms with van der Waals surface area (Å²) in [5.41, 5.74) is 29.1. The van der Waals surface area contributed by atoms with E-state index in [1.54, 1.807) is 0 Å². The van der Waals surface area contributed by atoms with Gasteiger partial charge in [0.2, 0.25) is 0 Å². The van der Waals surface area contributed by atoms with Crippen molar-refractivity contribution < 1.29 is 0 Å². The van der Waals surface area contributed by atoms with Crippen LogP contribution in [-0.4, -0.2) is 0 Å². The first-order valence-corrected chi connectivity index (χ1v) is 24.7. The summed E-state index contributed by atoms with van der Waals surface area (Å²) in [7, 11) is 0. The van der Waals surface area contributed by atoms with Gasteiger partial charge in [-0.3, -0.25) is 0 Å². The minimum Gasteiger partial charge on any atom is -0.310 e. The van der Waals surface area contributed by atoms with Crippen LogP contribution in [0.1, 0.15) is 66.8 Å². The summed E-state index contributed by atoms with van der Waals surface area (Å²) in [5, 5.41) is 0. The van der Waals surface area contributed by atoms with E-state index in [1.165, 1.54) is 100 Å². The Kier molecular flexibility index (Phi) is 8.71. The van der Waals surface area contributed by atoms with Crippen LogP contribution in [0.3, 0.4) is 0 Å². The fourth-order valence-electron chi connectivity index (χ4n) is 13.0. The van der Waals surface area contributed by atoms with Gasteiger partial charge in [-0.2, -0.15) is 0 Å². The van der Waals surface area contributed by atoms with Crippen LogP contribution in [0.15, 0.2) is 231 Å². The first-order chi connectivity index (χ1) is 34.3. The van der Waals surface area contributed by atoms with Crippen molar-refractivity contribution in [2.45, 2.75) is 38.5 Å². The molecule has 0 heterocycles. The maximum Gasteiger partial charge on any atom is 0.0729 e. The largest absolute Gasteiger partial charge is 0.310 e. The second-order valence-electron chi connectivity index (χ2n) is 19.9. The Bertz CT molecular complexity index is 3360. The highest BCUT2D eigenvalue weighted by molar-refractivity contribution is 6.20. The maximum atomic E-state index is 2.55. The Morgan fingerprint density at radius 2 is 0.471 bits per heavy atom. The van der Waals surface area contributed by atoms with Crippen molar-refractivity contribution in [3.05, 3.63) is 297 Å². The molecule has 10 aromatic rings. The van der Waals surface area contributed by atoms with Gasteiger partial charge in [-0.25, -0.2) is 0 Å². The number of hydrogen-bond donors (Lipinski definition) is 0. The summed E-state index contributed by atoms with van der Waals surface area (Å²) in [6.45, 7) is 8.67. The number of nitrogens with zero attached hydrogens (tertiary/aromatic N) is 2. The number of benzene rings is 10. The zero-order chi connectivity index (χ0) is 46.9. The van der Waals surface area contributed by atoms with Crippen LogP contribution in [0, 0.1) is 27.7 Å². The smallest absolute Gasteiger partial charge is 0.0729 e. The van der Waals surface area contributed by atoms with Gasteiger partial charge in [-0.15, -0.1) is 0 Å². The number of anilines is 6. The van der Waals surface area contributed by atoms with Crippen LogP contribution in [-0.2, 0) is 10.8 Å². The Balaban J connectivity index is 1.11. The van der Waals surface area contributed by atoms with E-state index in [1.807, 2.05) is 0 Å². The highest BCUT2D eigenvalue weighted by Gasteiger charge is 2.63. The van der Waals surface area contributed by atoms with Crippen molar-refractivity contribution in [2.24, 2.45) is 0 Å². The molecule has 14 rings (SSSR count). The number of rotatable bonds is 6. The van der Waals surface area contributed by atoms with Crippen molar-refractivity contribution in [3.63, 3.8) is 0 Å². The van der Waals surface area contributed by atoms with E-state index in [4.69, 9.17) is 0 Å². The predicted molar refractivity (Wildman–Crippen MR) is 292 cm³/mol. The van der Waals surface area contributed by atoms with Gasteiger partial charge in [0, 0.05) is 34.1 Å². The zero-order valence-corrected chi connectivity index (χ0v) is 39.8. The predicted octanol–water partition coefficient (Wildman–Crippen LogP) is 17.4. The fraction of sp³-hybridized carbons (Fsp3) is 0.0882. The Morgan fingerprint density at radius 3 is 0.743 bits per heavy atom. The van der Waals surface area contributed by atoms with Crippen LogP contribution in [0.25, 0.3) is 33.4 Å². The van der Waals surface area contributed by atoms with Gasteiger partial charge in [-0.1, -0.05) is 180 Å². The molecule has 4 aliphatic rings. The van der Waals surface area contributed by atoms with Gasteiger partial charge < -0.3 is 9.80 Å². The maximum absolute atomic E-state index is 2.55. The zero-order valence-electron chi connectivity index (χ0n) is 39.8. The van der Waals surface area contributed by atoms with E-state index in [0.717, 1.165) is 34.1 Å². The van der Waals surface area contributed by atoms with E-state index < -0.39 is 10.8 Å². The monoisotopic (exact) mass is 894 g/mol. The number of hydrogen-bond acceptors (Lipinski definition) is 2. The molecule has 70 heavy (non-hydrogen) atoms. The second kappa shape index (κ2) is 15.0. The van der Waals surface area contributed by atoms with Crippen LogP contribution < -0.4 is 9.80 Å². The van der Waals surface area contributed by atoms with E-state index in [2.05, 4.69) is 268 Å². The minimum atomic E-state index is -0.625. The van der Waals surface area contributed by atoms with Gasteiger partial charge in [0.15, 0.2) is 0 Å². The molecule has 0 atom stereocenters. The van der Waals surface area contributed by atoms with Crippen LogP contribution >= 0.6 is 0 Å². The summed E-state index contributed by atoms with van der Waals surface area (Å²) in [6, 6.07) is 87.8. The van der Waals surface area contributed by atoms with Crippen LogP contribution in [0.5, 0.6) is 0 Å². The van der Waals surface area contributed by atoms with Gasteiger partial charge in [-0.05, 0) is 178 Å². The van der Waals surface area contributed by atoms with Gasteiger partial charge in [0.05, 0.1) is 10.8 Å². The lowest BCUT2D eigenvalue weighted by atomic mass is 9.66. The van der Waals surface area contributed by atoms with E-state index in [-0.39, 0.29) is 0 Å². The standard InChI is InChI=1S/C68H50N2/c1-43-21-29-47(30-22-43)69(48-31-23-44(2)24-32-48)51-37-39-57-63(41-51)67(59-17-9-5-13-53(59)54-14-6-10-18-60(54)67)66-58-40-38-52(70(49-33-25-45(3)26-34-49)50-35-27-46(4)28-36-50)42-64(58)68(65(57)66)61-19-11-7-15-55(61)56-16-8-12-20-62(56)68/h5-42H,1-4H3. The Hall–Kier alpha value is -8.46. The first kappa shape index (κ1) is 40.6. The lowest BCUT2D eigenvalue weighted by Crippen LogP contribution is -2.29. The molecule has 0 aromatic heterocycles. The fourth-order valence-corrected chi connectivity index (χ4v) is 13.0. The third-order valence-corrected chi connectivity index (χ3v) is 15.9. The molecule has 0 radical (unpaired) electrons. The van der Waals surface area contributed by atoms with Gasteiger partial charge in [0.1, 0.15) is 0 Å². The summed E-state index contributed by atoms with van der Waals surface area (Å²) >= 11 is 0. The number of fused-ring (bicyclic) bond motifs is 18. The lowest BCUT2D eigenvalue weighted by Gasteiger charge is -2.36. The SMILES string of the molecule is Cc1ccc(N(c2ccc(C)cc2)c2ccc3c(c2)C2(C4=C3C3(c5cc(N(c6ccc(C)cc6)c6ccc(C)cc6)ccc54)c4ccccc4-c4ccccc43)c3ccccc3-c3ccccc32)cc1. The van der Waals surface area contributed by atoms with Gasteiger partial charge >= 0.3 is 0 Å². The van der Waals surface area contributed by atoms with E-state index >= 15 is 0 Å². The molecule has 0 unspecified atom stereocenters. The molecule has 332 valence electrons. The first-order valence-electron chi connectivity index (χ1n) is 24.7. The highest BCUT2D eigenvalue weighted by Crippen LogP contribution is 2.75. The average molecular weight is 895 g/mol. The number of aryl methyl sites for hydroxylation is 4. The topological polar surface area (TPSA) is 6.48 Å². The average Bonchev–Trinajstić information content (AvgIpc) is 4.08. The molecule has 4 aliphatic carbocycles. The van der Waals surface area contributed by atoms with Crippen LogP contribution in [0.2, 0.25) is 0 Å². The van der Waals surface area contributed by atoms with Gasteiger partial charge in [0.25, 0.3) is 0 Å². The molecular weight excluding hydrogens is 845 g/mol. The third kappa shape index (κ3) is 5.45. The summed E-state index contributed by atoms with van der Waals surface area (Å²) in [5.74, 6) is 0. The number of allylic oxidation sites excluding steroid dienone is 2. The van der Waals surface area contributed by atoms with Crippen molar-refractivity contribution in [1.82, 2.24) is 0 Å². The van der Waals surface area contributed by atoms with Crippen molar-refractivity contribution >= 4 is 45.3 Å². The molecule has 2 nitrogen and oxygen atoms in total. The summed E-state index contributed by atoms with van der Waals surface area (Å²) in [4.78, 5) is 4.90. The molecule has 10 aromatic carbocycles.